The first-order valence-corrected chi connectivity index (χ1v) is 10.5. The first-order chi connectivity index (χ1) is 15.5. The first kappa shape index (κ1) is 23.0. The van der Waals surface area contributed by atoms with Gasteiger partial charge in [0.2, 0.25) is 5.91 Å². The van der Waals surface area contributed by atoms with E-state index in [-0.39, 0.29) is 36.8 Å². The highest BCUT2D eigenvalue weighted by Crippen LogP contribution is 2.27. The minimum atomic E-state index is -0.381. The third kappa shape index (κ3) is 6.17. The summed E-state index contributed by atoms with van der Waals surface area (Å²) in [5, 5.41) is 2.83. The van der Waals surface area contributed by atoms with Gasteiger partial charge in [-0.2, -0.15) is 0 Å². The average molecular weight is 434 g/mol. The van der Waals surface area contributed by atoms with Crippen LogP contribution >= 0.6 is 0 Å². The van der Waals surface area contributed by atoms with Gasteiger partial charge in [-0.25, -0.2) is 9.18 Å². The summed E-state index contributed by atoms with van der Waals surface area (Å²) in [7, 11) is 3.45. The molecule has 3 amide bonds. The second-order valence-electron chi connectivity index (χ2n) is 7.69. The molecular weight excluding hydrogens is 405 g/mol. The number of rotatable bonds is 8. The van der Waals surface area contributed by atoms with E-state index in [1.807, 2.05) is 60.7 Å². The monoisotopic (exact) mass is 433 g/mol. The molecule has 0 spiro atoms. The van der Waals surface area contributed by atoms with Gasteiger partial charge in [0, 0.05) is 33.6 Å². The molecule has 1 atom stereocenters. The van der Waals surface area contributed by atoms with Crippen molar-refractivity contribution in [2.24, 2.45) is 0 Å². The molecule has 1 N–H and O–H groups in total. The molecule has 5 nitrogen and oxygen atoms in total. The van der Waals surface area contributed by atoms with Crippen LogP contribution in [0.25, 0.3) is 0 Å². The summed E-state index contributed by atoms with van der Waals surface area (Å²) in [6, 6.07) is 24.8. The zero-order valence-electron chi connectivity index (χ0n) is 18.4. The first-order valence-electron chi connectivity index (χ1n) is 10.5. The number of urea groups is 1. The van der Waals surface area contributed by atoms with Crippen LogP contribution in [-0.4, -0.2) is 42.4 Å². The van der Waals surface area contributed by atoms with Gasteiger partial charge in [0.05, 0.1) is 6.04 Å². The Morgan fingerprint density at radius 1 is 0.844 bits per heavy atom. The van der Waals surface area contributed by atoms with E-state index in [9.17, 15) is 14.0 Å². The van der Waals surface area contributed by atoms with E-state index in [4.69, 9.17) is 0 Å². The summed E-state index contributed by atoms with van der Waals surface area (Å²) in [4.78, 5) is 28.5. The van der Waals surface area contributed by atoms with Crippen LogP contribution in [0.2, 0.25) is 0 Å². The second kappa shape index (κ2) is 11.1. The molecule has 0 aliphatic carbocycles. The van der Waals surface area contributed by atoms with Crippen molar-refractivity contribution in [2.75, 3.05) is 20.6 Å². The number of carbonyl (C=O) groups excluding carboxylic acids is 2. The van der Waals surface area contributed by atoms with E-state index in [1.165, 1.54) is 12.1 Å². The maximum Gasteiger partial charge on any atom is 0.317 e. The van der Waals surface area contributed by atoms with Gasteiger partial charge in [-0.1, -0.05) is 72.8 Å². The fraction of sp³-hybridized carbons (Fsp3) is 0.231. The van der Waals surface area contributed by atoms with Crippen LogP contribution in [0.5, 0.6) is 0 Å². The minimum absolute atomic E-state index is 0.0463. The van der Waals surface area contributed by atoms with Gasteiger partial charge in [-0.15, -0.1) is 0 Å². The van der Waals surface area contributed by atoms with Gasteiger partial charge in [-0.05, 0) is 28.8 Å². The fourth-order valence-electron chi connectivity index (χ4n) is 3.57. The molecule has 1 unspecified atom stereocenters. The summed E-state index contributed by atoms with van der Waals surface area (Å²) in [6.45, 7) is 0.750. The zero-order valence-corrected chi connectivity index (χ0v) is 18.4. The number of carbonyl (C=O) groups is 2. The Morgan fingerprint density at radius 3 is 2.03 bits per heavy atom. The van der Waals surface area contributed by atoms with Crippen molar-refractivity contribution in [3.05, 3.63) is 107 Å². The molecule has 32 heavy (non-hydrogen) atoms. The molecule has 0 aromatic heterocycles. The van der Waals surface area contributed by atoms with E-state index in [1.54, 1.807) is 36.0 Å². The average Bonchev–Trinajstić information content (AvgIpc) is 2.81. The van der Waals surface area contributed by atoms with Crippen molar-refractivity contribution < 1.29 is 14.0 Å². The van der Waals surface area contributed by atoms with E-state index in [0.717, 1.165) is 16.7 Å². The van der Waals surface area contributed by atoms with Crippen molar-refractivity contribution >= 4 is 11.9 Å². The molecule has 0 heterocycles. The second-order valence-corrected chi connectivity index (χ2v) is 7.69. The standard InChI is InChI=1S/C26H28FN3O2/c1-29(19-20-9-5-3-6-10-20)24(31)17-18-28-26(32)30(2)25(21-11-7-4-8-12-21)22-13-15-23(27)16-14-22/h3-16,25H,17-19H2,1-2H3,(H,28,32). The van der Waals surface area contributed by atoms with Crippen LogP contribution in [0.15, 0.2) is 84.9 Å². The van der Waals surface area contributed by atoms with Crippen molar-refractivity contribution in [3.8, 4) is 0 Å². The van der Waals surface area contributed by atoms with Gasteiger partial charge < -0.3 is 15.1 Å². The summed E-state index contributed by atoms with van der Waals surface area (Å²) in [6.07, 6.45) is 0.204. The van der Waals surface area contributed by atoms with Gasteiger partial charge in [0.1, 0.15) is 5.82 Å². The summed E-state index contributed by atoms with van der Waals surface area (Å²) in [5.74, 6) is -0.374. The maximum atomic E-state index is 13.4. The number of amides is 3. The number of hydrogen-bond donors (Lipinski definition) is 1. The Balaban J connectivity index is 1.60. The Labute approximate surface area is 188 Å². The fourth-order valence-corrected chi connectivity index (χ4v) is 3.57. The summed E-state index contributed by atoms with van der Waals surface area (Å²) >= 11 is 0. The molecule has 0 fully saturated rings. The predicted molar refractivity (Wildman–Crippen MR) is 123 cm³/mol. The number of benzene rings is 3. The van der Waals surface area contributed by atoms with Crippen LogP contribution in [-0.2, 0) is 11.3 Å². The van der Waals surface area contributed by atoms with Crippen molar-refractivity contribution in [1.29, 1.82) is 0 Å². The molecular formula is C26H28FN3O2. The SMILES string of the molecule is CN(Cc1ccccc1)C(=O)CCNC(=O)N(C)C(c1ccccc1)c1ccc(F)cc1. The van der Waals surface area contributed by atoms with E-state index < -0.39 is 0 Å². The topological polar surface area (TPSA) is 52.7 Å². The summed E-state index contributed by atoms with van der Waals surface area (Å²) < 4.78 is 13.4. The lowest BCUT2D eigenvalue weighted by atomic mass is 9.97. The maximum absolute atomic E-state index is 13.4. The Morgan fingerprint density at radius 2 is 1.41 bits per heavy atom. The molecule has 3 aromatic carbocycles. The molecule has 0 bridgehead atoms. The Bertz CT molecular complexity index is 1010. The lowest BCUT2D eigenvalue weighted by Gasteiger charge is -2.29. The van der Waals surface area contributed by atoms with Crippen molar-refractivity contribution in [2.45, 2.75) is 19.0 Å². The van der Waals surface area contributed by atoms with Gasteiger partial charge in [0.15, 0.2) is 0 Å². The number of halogens is 1. The largest absolute Gasteiger partial charge is 0.341 e. The molecule has 166 valence electrons. The molecule has 0 saturated heterocycles. The zero-order chi connectivity index (χ0) is 22.9. The molecule has 3 rings (SSSR count). The molecule has 0 saturated carbocycles. The van der Waals surface area contributed by atoms with Crippen LogP contribution in [0.1, 0.15) is 29.2 Å². The predicted octanol–water partition coefficient (Wildman–Crippen LogP) is 4.61. The highest BCUT2D eigenvalue weighted by molar-refractivity contribution is 5.78. The van der Waals surface area contributed by atoms with Crippen LogP contribution in [0.4, 0.5) is 9.18 Å². The van der Waals surface area contributed by atoms with Gasteiger partial charge in [-0.3, -0.25) is 4.79 Å². The van der Waals surface area contributed by atoms with Crippen LogP contribution in [0, 0.1) is 5.82 Å². The molecule has 6 heteroatoms. The van der Waals surface area contributed by atoms with Crippen LogP contribution in [0.3, 0.4) is 0 Å². The quantitative estimate of drug-likeness (QED) is 0.564. The molecule has 0 radical (unpaired) electrons. The van der Waals surface area contributed by atoms with Gasteiger partial charge in [0.25, 0.3) is 0 Å². The lowest BCUT2D eigenvalue weighted by Crippen LogP contribution is -2.41. The lowest BCUT2D eigenvalue weighted by molar-refractivity contribution is -0.130. The molecule has 3 aromatic rings. The highest BCUT2D eigenvalue weighted by Gasteiger charge is 2.23. The van der Waals surface area contributed by atoms with Crippen molar-refractivity contribution in [3.63, 3.8) is 0 Å². The van der Waals surface area contributed by atoms with E-state index >= 15 is 0 Å². The normalized spacial score (nSPS) is 11.5. The number of nitrogens with one attached hydrogen (secondary N) is 1. The third-order valence-corrected chi connectivity index (χ3v) is 5.31. The molecule has 0 aliphatic rings. The third-order valence-electron chi connectivity index (χ3n) is 5.31. The van der Waals surface area contributed by atoms with Gasteiger partial charge >= 0.3 is 6.03 Å². The number of nitrogens with zero attached hydrogens (tertiary/aromatic N) is 2. The number of hydrogen-bond acceptors (Lipinski definition) is 2. The highest BCUT2D eigenvalue weighted by atomic mass is 19.1. The van der Waals surface area contributed by atoms with E-state index in [0.29, 0.717) is 6.54 Å². The molecule has 0 aliphatic heterocycles. The van der Waals surface area contributed by atoms with Crippen molar-refractivity contribution in [1.82, 2.24) is 15.1 Å². The minimum Gasteiger partial charge on any atom is -0.341 e. The Kier molecular flexibility index (Phi) is 7.97. The smallest absolute Gasteiger partial charge is 0.317 e. The van der Waals surface area contributed by atoms with Crippen LogP contribution < -0.4 is 5.32 Å². The Hall–Kier alpha value is -3.67. The van der Waals surface area contributed by atoms with E-state index in [2.05, 4.69) is 5.32 Å². The summed E-state index contributed by atoms with van der Waals surface area (Å²) in [5.41, 5.74) is 2.77.